The van der Waals surface area contributed by atoms with Crippen molar-refractivity contribution in [3.8, 4) is 39.7 Å². The number of nitrogens with zero attached hydrogens (tertiary/aromatic N) is 3. The molecule has 4 N–H and O–H groups in total. The molecule has 0 amide bonds. The first kappa shape index (κ1) is 31.9. The minimum absolute atomic E-state index is 0.0699. The zero-order valence-corrected chi connectivity index (χ0v) is 22.5. The number of carboxylic acid groups (broad SMARTS) is 2. The zero-order valence-electron chi connectivity index (χ0n) is 21.0. The van der Waals surface area contributed by atoms with Crippen molar-refractivity contribution >= 4 is 39.4 Å². The second-order valence-corrected chi connectivity index (χ2v) is 9.34. The van der Waals surface area contributed by atoms with Crippen molar-refractivity contribution in [3.63, 3.8) is 0 Å². The lowest BCUT2D eigenvalue weighted by atomic mass is 10.1. The Hall–Kier alpha value is -4.67. The number of ether oxygens (including phenoxy) is 1. The predicted octanol–water partition coefficient (Wildman–Crippen LogP) is 6.64. The molecule has 17 heteroatoms. The number of H-pyrrole nitrogens is 1. The molecule has 0 saturated carbocycles. The second kappa shape index (κ2) is 12.9. The summed E-state index contributed by atoms with van der Waals surface area (Å²) in [7, 11) is 0. The van der Waals surface area contributed by atoms with Gasteiger partial charge in [0, 0.05) is 29.1 Å². The summed E-state index contributed by atoms with van der Waals surface area (Å²) in [6.07, 6.45) is -4.82. The molecule has 3 aromatic heterocycles. The Bertz CT molecular complexity index is 1490. The van der Waals surface area contributed by atoms with E-state index in [0.29, 0.717) is 0 Å². The lowest BCUT2D eigenvalue weighted by Crippen LogP contribution is -2.21. The summed E-state index contributed by atoms with van der Waals surface area (Å²) < 4.78 is 69.2. The topological polar surface area (TPSA) is 150 Å². The molecule has 4 aromatic rings. The third-order valence-corrected chi connectivity index (χ3v) is 5.19. The van der Waals surface area contributed by atoms with Gasteiger partial charge in [-0.1, -0.05) is 12.1 Å². The van der Waals surface area contributed by atoms with Crippen LogP contribution >= 0.6 is 15.9 Å². The van der Waals surface area contributed by atoms with E-state index in [9.17, 15) is 26.3 Å². The molecule has 0 aliphatic carbocycles. The lowest BCUT2D eigenvalue weighted by molar-refractivity contribution is -0.193. The SMILES string of the molecule is CC(Br)Oc1cccc(-c2nc3c([nH]2)-c2ccncc2Nc2ncccc2-3)c1.O=C(O)C(F)(F)F.O=C(O)C(F)(F)F. The van der Waals surface area contributed by atoms with Crippen LogP contribution in [0.4, 0.5) is 37.8 Å². The molecular weight excluding hydrogens is 644 g/mol. The average Bonchev–Trinajstić information content (AvgIpc) is 3.29. The summed E-state index contributed by atoms with van der Waals surface area (Å²) in [5.41, 5.74) is 5.58. The van der Waals surface area contributed by atoms with Crippen molar-refractivity contribution < 1.29 is 50.9 Å². The number of hydrogen-bond acceptors (Lipinski definition) is 7. The van der Waals surface area contributed by atoms with E-state index >= 15 is 0 Å². The number of halogens is 7. The van der Waals surface area contributed by atoms with Gasteiger partial charge in [0.2, 0.25) is 0 Å². The van der Waals surface area contributed by atoms with Gasteiger partial charge in [0.15, 0.2) is 5.01 Å². The molecule has 42 heavy (non-hydrogen) atoms. The van der Waals surface area contributed by atoms with E-state index in [4.69, 9.17) is 29.5 Å². The normalized spacial score (nSPS) is 12.3. The van der Waals surface area contributed by atoms with Crippen LogP contribution in [0.15, 0.2) is 61.1 Å². The molecule has 1 aliphatic heterocycles. The van der Waals surface area contributed by atoms with Gasteiger partial charge >= 0.3 is 24.3 Å². The van der Waals surface area contributed by atoms with Crippen molar-refractivity contribution in [2.45, 2.75) is 24.3 Å². The van der Waals surface area contributed by atoms with Crippen LogP contribution in [0.5, 0.6) is 5.75 Å². The molecule has 0 saturated heterocycles. The highest BCUT2D eigenvalue weighted by molar-refractivity contribution is 9.09. The van der Waals surface area contributed by atoms with Crippen LogP contribution in [0.1, 0.15) is 6.92 Å². The van der Waals surface area contributed by atoms with Gasteiger partial charge in [-0.2, -0.15) is 26.3 Å². The number of fused-ring (bicyclic) bond motifs is 5. The largest absolute Gasteiger partial charge is 0.490 e. The number of alkyl halides is 7. The number of anilines is 2. The average molecular weight is 662 g/mol. The van der Waals surface area contributed by atoms with Crippen molar-refractivity contribution in [1.82, 2.24) is 19.9 Å². The number of aliphatic carboxylic acids is 2. The fourth-order valence-electron chi connectivity index (χ4n) is 3.34. The van der Waals surface area contributed by atoms with Gasteiger partial charge in [-0.3, -0.25) is 4.98 Å². The number of benzene rings is 1. The zero-order chi connectivity index (χ0) is 31.2. The van der Waals surface area contributed by atoms with E-state index in [1.807, 2.05) is 49.4 Å². The molecule has 1 unspecified atom stereocenters. The van der Waals surface area contributed by atoms with Crippen LogP contribution < -0.4 is 10.1 Å². The molecule has 1 aromatic carbocycles. The van der Waals surface area contributed by atoms with E-state index < -0.39 is 24.3 Å². The third-order valence-electron chi connectivity index (χ3n) is 5.00. The Morgan fingerprint density at radius 3 is 2.19 bits per heavy atom. The van der Waals surface area contributed by atoms with Gasteiger partial charge in [0.25, 0.3) is 0 Å². The maximum atomic E-state index is 10.6. The van der Waals surface area contributed by atoms with Gasteiger partial charge in [0.05, 0.1) is 17.6 Å². The molecule has 1 aliphatic rings. The van der Waals surface area contributed by atoms with Crippen LogP contribution in [-0.4, -0.2) is 59.5 Å². The molecule has 0 spiro atoms. The number of imidazole rings is 1. The summed E-state index contributed by atoms with van der Waals surface area (Å²) in [5, 5.41) is 17.5. The van der Waals surface area contributed by atoms with Crippen LogP contribution in [0.3, 0.4) is 0 Å². The van der Waals surface area contributed by atoms with Crippen molar-refractivity contribution in [2.75, 3.05) is 5.32 Å². The van der Waals surface area contributed by atoms with Crippen molar-refractivity contribution in [3.05, 3.63) is 61.1 Å². The quantitative estimate of drug-likeness (QED) is 0.123. The van der Waals surface area contributed by atoms with E-state index in [1.165, 1.54) is 0 Å². The van der Waals surface area contributed by atoms with Gasteiger partial charge in [-0.05, 0) is 53.2 Å². The highest BCUT2D eigenvalue weighted by atomic mass is 79.9. The monoisotopic (exact) mass is 661 g/mol. The number of hydrogen-bond donors (Lipinski definition) is 4. The summed E-state index contributed by atoms with van der Waals surface area (Å²) in [5.74, 6) is -3.20. The summed E-state index contributed by atoms with van der Waals surface area (Å²) >= 11 is 3.42. The molecule has 4 heterocycles. The number of rotatable bonds is 3. The Balaban J connectivity index is 0.000000289. The molecule has 222 valence electrons. The fourth-order valence-corrected chi connectivity index (χ4v) is 3.56. The second-order valence-electron chi connectivity index (χ2n) is 8.05. The highest BCUT2D eigenvalue weighted by Gasteiger charge is 2.38. The highest BCUT2D eigenvalue weighted by Crippen LogP contribution is 2.42. The molecule has 0 bridgehead atoms. The maximum absolute atomic E-state index is 10.6. The molecule has 0 radical (unpaired) electrons. The number of pyridine rings is 2. The Morgan fingerprint density at radius 2 is 1.60 bits per heavy atom. The number of aromatic nitrogens is 4. The number of nitrogens with one attached hydrogen (secondary N) is 2. The first-order valence-electron chi connectivity index (χ1n) is 11.4. The number of carboxylic acids is 2. The van der Waals surface area contributed by atoms with Crippen molar-refractivity contribution in [2.24, 2.45) is 0 Å². The summed E-state index contributed by atoms with van der Waals surface area (Å²) in [6, 6.07) is 13.8. The molecule has 5 rings (SSSR count). The predicted molar refractivity (Wildman–Crippen MR) is 140 cm³/mol. The standard InChI is InChI=1S/C21H16BrN5O.2C2HF3O2/c1-12(22)28-14-5-2-4-13(10-14)20-26-18-15-7-9-23-11-17(15)25-21-16(19(18)27-20)6-3-8-24-21;2*3-2(4,5)1(6)7/h2-12H,1H3,(H,24,25)(H,26,27);2*(H,6,7). The first-order chi connectivity index (χ1) is 19.6. The number of carbonyl (C=O) groups is 2. The minimum Gasteiger partial charge on any atom is -0.480 e. The maximum Gasteiger partial charge on any atom is 0.490 e. The van der Waals surface area contributed by atoms with E-state index in [0.717, 1.165) is 51.2 Å². The van der Waals surface area contributed by atoms with E-state index in [1.54, 1.807) is 18.6 Å². The van der Waals surface area contributed by atoms with Gasteiger partial charge in [-0.25, -0.2) is 19.6 Å². The van der Waals surface area contributed by atoms with Crippen LogP contribution in [0.25, 0.3) is 33.9 Å². The smallest absolute Gasteiger partial charge is 0.480 e. The molecule has 1 atom stereocenters. The Kier molecular flexibility index (Phi) is 9.77. The van der Waals surface area contributed by atoms with Crippen LogP contribution in [-0.2, 0) is 9.59 Å². The first-order valence-corrected chi connectivity index (χ1v) is 12.3. The fraction of sp³-hybridized carbons (Fsp3) is 0.160. The third kappa shape index (κ3) is 8.18. The van der Waals surface area contributed by atoms with E-state index in [2.05, 4.69) is 36.2 Å². The molecule has 0 fully saturated rings. The minimum atomic E-state index is -5.08. The number of aromatic amines is 1. The van der Waals surface area contributed by atoms with Gasteiger partial charge in [0.1, 0.15) is 23.1 Å². The summed E-state index contributed by atoms with van der Waals surface area (Å²) in [6.45, 7) is 1.93. The van der Waals surface area contributed by atoms with Gasteiger partial charge < -0.3 is 25.3 Å². The van der Waals surface area contributed by atoms with E-state index in [-0.39, 0.29) is 5.01 Å². The van der Waals surface area contributed by atoms with Crippen LogP contribution in [0, 0.1) is 0 Å². The molecule has 10 nitrogen and oxygen atoms in total. The summed E-state index contributed by atoms with van der Waals surface area (Å²) in [4.78, 5) is 34.9. The molecular formula is C25H18BrF6N5O5. The van der Waals surface area contributed by atoms with Gasteiger partial charge in [-0.15, -0.1) is 0 Å². The van der Waals surface area contributed by atoms with Crippen molar-refractivity contribution in [1.29, 1.82) is 0 Å². The Labute approximate surface area is 240 Å². The van der Waals surface area contributed by atoms with Crippen LogP contribution in [0.2, 0.25) is 0 Å². The Morgan fingerprint density at radius 1 is 0.952 bits per heavy atom. The lowest BCUT2D eigenvalue weighted by Gasteiger charge is -2.09.